The van der Waals surface area contributed by atoms with Gasteiger partial charge in [0.2, 0.25) is 5.91 Å². The van der Waals surface area contributed by atoms with Crippen LogP contribution in [0.25, 0.3) is 0 Å². The van der Waals surface area contributed by atoms with Gasteiger partial charge in [-0.3, -0.25) is 4.79 Å². The Morgan fingerprint density at radius 3 is 2.11 bits per heavy atom. The molecule has 108 valence electrons. The van der Waals surface area contributed by atoms with E-state index in [2.05, 4.69) is 24.1 Å². The van der Waals surface area contributed by atoms with Crippen molar-refractivity contribution in [1.82, 2.24) is 10.2 Å². The van der Waals surface area contributed by atoms with Gasteiger partial charge in [-0.1, -0.05) is 26.7 Å². The third-order valence-electron chi connectivity index (χ3n) is 3.35. The zero-order valence-corrected chi connectivity index (χ0v) is 12.8. The maximum atomic E-state index is 12.5. The number of hydrogen-bond acceptors (Lipinski definition) is 3. The molecule has 3 N–H and O–H groups in total. The first-order valence-corrected chi connectivity index (χ1v) is 7.07. The van der Waals surface area contributed by atoms with Crippen LogP contribution in [0.15, 0.2) is 0 Å². The molecular weight excluding hydrogens is 226 g/mol. The quantitative estimate of drug-likeness (QED) is 0.659. The minimum absolute atomic E-state index is 0.128. The van der Waals surface area contributed by atoms with Crippen LogP contribution in [0, 0.1) is 5.41 Å². The Morgan fingerprint density at radius 2 is 1.78 bits per heavy atom. The molecule has 0 saturated carbocycles. The highest BCUT2D eigenvalue weighted by Gasteiger charge is 2.35. The van der Waals surface area contributed by atoms with Crippen molar-refractivity contribution < 1.29 is 4.79 Å². The molecule has 0 saturated heterocycles. The highest BCUT2D eigenvalue weighted by Crippen LogP contribution is 2.29. The van der Waals surface area contributed by atoms with E-state index in [1.807, 2.05) is 21.0 Å². The Morgan fingerprint density at radius 1 is 1.28 bits per heavy atom. The van der Waals surface area contributed by atoms with E-state index in [1.54, 1.807) is 0 Å². The van der Waals surface area contributed by atoms with Crippen LogP contribution in [0.1, 0.15) is 46.5 Å². The molecule has 0 aromatic carbocycles. The van der Waals surface area contributed by atoms with E-state index in [0.29, 0.717) is 6.54 Å². The molecule has 1 unspecified atom stereocenters. The van der Waals surface area contributed by atoms with Gasteiger partial charge in [-0.2, -0.15) is 0 Å². The van der Waals surface area contributed by atoms with Crippen LogP contribution < -0.4 is 11.1 Å². The fraction of sp³-hybridized carbons (Fsp3) is 0.929. The van der Waals surface area contributed by atoms with Crippen molar-refractivity contribution in [2.45, 2.75) is 52.5 Å². The number of nitrogens with one attached hydrogen (secondary N) is 1. The molecule has 0 spiro atoms. The molecule has 0 aliphatic heterocycles. The van der Waals surface area contributed by atoms with Crippen LogP contribution in [0.3, 0.4) is 0 Å². The molecule has 0 aromatic rings. The lowest BCUT2D eigenvalue weighted by Crippen LogP contribution is -2.50. The maximum Gasteiger partial charge on any atom is 0.227 e. The monoisotopic (exact) mass is 257 g/mol. The second-order valence-corrected chi connectivity index (χ2v) is 5.62. The van der Waals surface area contributed by atoms with Gasteiger partial charge in [-0.25, -0.2) is 0 Å². The van der Waals surface area contributed by atoms with Crippen LogP contribution in [0.5, 0.6) is 0 Å². The van der Waals surface area contributed by atoms with Crippen LogP contribution in [-0.2, 0) is 4.79 Å². The van der Waals surface area contributed by atoms with Crippen LogP contribution in [0.4, 0.5) is 0 Å². The topological polar surface area (TPSA) is 58.4 Å². The standard InChI is InChI=1S/C14H31N3O/c1-6-8-14(11-15,9-7-2)13(18)16-12(3)10-17(4)5/h12H,6-11,15H2,1-5H3,(H,16,18). The normalized spacial score (nSPS) is 13.7. The lowest BCUT2D eigenvalue weighted by atomic mass is 9.78. The van der Waals surface area contributed by atoms with Gasteiger partial charge < -0.3 is 16.0 Å². The molecule has 18 heavy (non-hydrogen) atoms. The molecule has 1 amide bonds. The van der Waals surface area contributed by atoms with Gasteiger partial charge in [0.25, 0.3) is 0 Å². The van der Waals surface area contributed by atoms with Gasteiger partial charge in [0.1, 0.15) is 0 Å². The molecule has 0 aliphatic carbocycles. The predicted molar refractivity (Wildman–Crippen MR) is 77.5 cm³/mol. The number of rotatable bonds is 9. The number of carbonyl (C=O) groups excluding carboxylic acids is 1. The van der Waals surface area contributed by atoms with Gasteiger partial charge >= 0.3 is 0 Å². The maximum absolute atomic E-state index is 12.5. The third kappa shape index (κ3) is 5.36. The van der Waals surface area contributed by atoms with Crippen molar-refractivity contribution in [2.24, 2.45) is 11.1 Å². The molecule has 4 nitrogen and oxygen atoms in total. The minimum atomic E-state index is -0.371. The number of nitrogens with two attached hydrogens (primary N) is 1. The summed E-state index contributed by atoms with van der Waals surface area (Å²) in [6.07, 6.45) is 3.73. The predicted octanol–water partition coefficient (Wildman–Crippen LogP) is 1.60. The molecule has 0 fully saturated rings. The van der Waals surface area contributed by atoms with Crippen molar-refractivity contribution in [1.29, 1.82) is 0 Å². The van der Waals surface area contributed by atoms with E-state index in [4.69, 9.17) is 5.73 Å². The van der Waals surface area contributed by atoms with Gasteiger partial charge in [-0.05, 0) is 33.9 Å². The summed E-state index contributed by atoms with van der Waals surface area (Å²) in [4.78, 5) is 14.5. The van der Waals surface area contributed by atoms with Crippen LogP contribution in [-0.4, -0.2) is 44.0 Å². The Labute approximate surface area is 112 Å². The highest BCUT2D eigenvalue weighted by molar-refractivity contribution is 5.83. The fourth-order valence-corrected chi connectivity index (χ4v) is 2.58. The molecule has 0 aromatic heterocycles. The Bertz CT molecular complexity index is 235. The van der Waals surface area contributed by atoms with Crippen molar-refractivity contribution >= 4 is 5.91 Å². The lowest BCUT2D eigenvalue weighted by Gasteiger charge is -2.32. The van der Waals surface area contributed by atoms with Gasteiger partial charge in [0, 0.05) is 19.1 Å². The molecule has 0 rings (SSSR count). The number of amides is 1. The molecule has 0 aliphatic rings. The average Bonchev–Trinajstić information content (AvgIpc) is 2.27. The first-order chi connectivity index (χ1) is 8.41. The number of nitrogens with zero attached hydrogens (tertiary/aromatic N) is 1. The summed E-state index contributed by atoms with van der Waals surface area (Å²) in [6, 6.07) is 0.159. The van der Waals surface area contributed by atoms with Gasteiger partial charge in [-0.15, -0.1) is 0 Å². The third-order valence-corrected chi connectivity index (χ3v) is 3.35. The highest BCUT2D eigenvalue weighted by atomic mass is 16.2. The molecule has 0 bridgehead atoms. The summed E-state index contributed by atoms with van der Waals surface area (Å²) in [6.45, 7) is 7.55. The lowest BCUT2D eigenvalue weighted by molar-refractivity contribution is -0.132. The Hall–Kier alpha value is -0.610. The Balaban J connectivity index is 4.64. The van der Waals surface area contributed by atoms with E-state index in [9.17, 15) is 4.79 Å². The number of hydrogen-bond donors (Lipinski definition) is 2. The molecule has 1 atom stereocenters. The molecule has 0 radical (unpaired) electrons. The van der Waals surface area contributed by atoms with E-state index >= 15 is 0 Å². The van der Waals surface area contributed by atoms with E-state index < -0.39 is 0 Å². The van der Waals surface area contributed by atoms with Crippen LogP contribution >= 0.6 is 0 Å². The summed E-state index contributed by atoms with van der Waals surface area (Å²) in [5.41, 5.74) is 5.52. The molecule has 0 heterocycles. The van der Waals surface area contributed by atoms with E-state index in [1.165, 1.54) is 0 Å². The zero-order valence-electron chi connectivity index (χ0n) is 12.8. The first-order valence-electron chi connectivity index (χ1n) is 7.07. The van der Waals surface area contributed by atoms with Gasteiger partial charge in [0.05, 0.1) is 5.41 Å². The van der Waals surface area contributed by atoms with Crippen LogP contribution in [0.2, 0.25) is 0 Å². The van der Waals surface area contributed by atoms with E-state index in [0.717, 1.165) is 32.2 Å². The largest absolute Gasteiger partial charge is 0.352 e. The van der Waals surface area contributed by atoms with E-state index in [-0.39, 0.29) is 17.4 Å². The second-order valence-electron chi connectivity index (χ2n) is 5.62. The summed E-state index contributed by atoms with van der Waals surface area (Å²) in [5.74, 6) is 0.128. The Kier molecular flexibility index (Phi) is 8.20. The van der Waals surface area contributed by atoms with Crippen molar-refractivity contribution in [3.05, 3.63) is 0 Å². The first kappa shape index (κ1) is 17.4. The molecule has 4 heteroatoms. The second kappa shape index (κ2) is 8.48. The van der Waals surface area contributed by atoms with Crippen molar-refractivity contribution in [3.63, 3.8) is 0 Å². The molecular formula is C14H31N3O. The summed E-state index contributed by atoms with van der Waals surface area (Å²) < 4.78 is 0. The summed E-state index contributed by atoms with van der Waals surface area (Å²) in [5, 5.41) is 3.11. The zero-order chi connectivity index (χ0) is 14.2. The van der Waals surface area contributed by atoms with Gasteiger partial charge in [0.15, 0.2) is 0 Å². The van der Waals surface area contributed by atoms with Crippen molar-refractivity contribution in [3.8, 4) is 0 Å². The SMILES string of the molecule is CCCC(CN)(CCC)C(=O)NC(C)CN(C)C. The fourth-order valence-electron chi connectivity index (χ4n) is 2.58. The van der Waals surface area contributed by atoms with Crippen molar-refractivity contribution in [2.75, 3.05) is 27.2 Å². The number of carbonyl (C=O) groups is 1. The summed E-state index contributed by atoms with van der Waals surface area (Å²) >= 11 is 0. The summed E-state index contributed by atoms with van der Waals surface area (Å²) in [7, 11) is 4.02. The minimum Gasteiger partial charge on any atom is -0.352 e. The average molecular weight is 257 g/mol. The smallest absolute Gasteiger partial charge is 0.227 e. The number of likely N-dealkylation sites (N-methyl/N-ethyl adjacent to an activating group) is 1.